The maximum atomic E-state index is 9.44. The van der Waals surface area contributed by atoms with E-state index in [9.17, 15) is 5.11 Å². The van der Waals surface area contributed by atoms with Gasteiger partial charge in [0, 0.05) is 6.07 Å². The number of aromatic nitrogens is 2. The third-order valence-corrected chi connectivity index (χ3v) is 2.70. The van der Waals surface area contributed by atoms with Crippen LogP contribution >= 0.6 is 0 Å². The quantitative estimate of drug-likeness (QED) is 0.721. The molecule has 88 valence electrons. The third-order valence-electron chi connectivity index (χ3n) is 2.70. The minimum atomic E-state index is 0.235. The molecule has 1 heterocycles. The van der Waals surface area contributed by atoms with E-state index in [0.717, 1.165) is 22.4 Å². The van der Waals surface area contributed by atoms with Crippen LogP contribution in [0.4, 0.5) is 11.5 Å². The van der Waals surface area contributed by atoms with Gasteiger partial charge in [-0.1, -0.05) is 18.2 Å². The smallest absolute Gasteiger partial charge is 0.234 e. The number of phenolic OH excluding ortho intramolecular Hbond substituents is 1. The molecule has 0 atom stereocenters. The van der Waals surface area contributed by atoms with Crippen LogP contribution < -0.4 is 10.3 Å². The van der Waals surface area contributed by atoms with E-state index in [-0.39, 0.29) is 5.75 Å². The Hall–Kier alpha value is -2.62. The topological polar surface area (TPSA) is 59.3 Å². The lowest BCUT2D eigenvalue weighted by molar-refractivity contribution is -0.363. The number of H-pyrrole nitrogens is 1. The third kappa shape index (κ3) is 1.96. The first-order valence-electron chi connectivity index (χ1n) is 5.64. The van der Waals surface area contributed by atoms with Gasteiger partial charge in [0.05, 0.1) is 11.1 Å². The molecule has 3 rings (SSSR count). The number of fused-ring (bicyclic) bond motifs is 1. The zero-order chi connectivity index (χ0) is 12.4. The molecule has 1 aromatic heterocycles. The van der Waals surface area contributed by atoms with Crippen LogP contribution in [-0.2, 0) is 0 Å². The van der Waals surface area contributed by atoms with Crippen molar-refractivity contribution in [2.75, 3.05) is 5.32 Å². The predicted octanol–water partition coefficient (Wildman–Crippen LogP) is 2.50. The van der Waals surface area contributed by atoms with Gasteiger partial charge in [-0.25, -0.2) is 4.98 Å². The molecule has 0 fully saturated rings. The second-order valence-corrected chi connectivity index (χ2v) is 3.97. The summed E-state index contributed by atoms with van der Waals surface area (Å²) in [6.45, 7) is 0. The Morgan fingerprint density at radius 1 is 1.06 bits per heavy atom. The second-order valence-electron chi connectivity index (χ2n) is 3.97. The lowest BCUT2D eigenvalue weighted by Gasteiger charge is -2.03. The Kier molecular flexibility index (Phi) is 2.53. The molecule has 0 aliphatic carbocycles. The number of rotatable bonds is 2. The number of phenols is 1. The van der Waals surface area contributed by atoms with Gasteiger partial charge in [-0.2, -0.15) is 0 Å². The molecule has 0 amide bonds. The molecule has 4 heteroatoms. The maximum Gasteiger partial charge on any atom is 0.234 e. The minimum Gasteiger partial charge on any atom is -0.508 e. The fourth-order valence-corrected chi connectivity index (χ4v) is 1.87. The summed E-state index contributed by atoms with van der Waals surface area (Å²) in [5.74, 6) is 1.09. The van der Waals surface area contributed by atoms with Crippen molar-refractivity contribution < 1.29 is 10.1 Å². The summed E-state index contributed by atoms with van der Waals surface area (Å²) in [4.78, 5) is 7.33. The number of hydrogen-bond donors (Lipinski definition) is 2. The Balaban J connectivity index is 2.05. The van der Waals surface area contributed by atoms with Gasteiger partial charge in [0.2, 0.25) is 12.1 Å². The van der Waals surface area contributed by atoms with Gasteiger partial charge in [0.25, 0.3) is 0 Å². The van der Waals surface area contributed by atoms with Crippen molar-refractivity contribution >= 4 is 22.4 Å². The standard InChI is InChI=1S/C14H11N3O/c18-11-5-3-4-10(8-11)17-14-12-6-1-2-7-13(12)15-9-16-14/h1-9,18H,(H,15,16,17)/p+1. The van der Waals surface area contributed by atoms with Gasteiger partial charge >= 0.3 is 0 Å². The summed E-state index contributed by atoms with van der Waals surface area (Å²) in [7, 11) is 0. The molecule has 0 aliphatic heterocycles. The van der Waals surface area contributed by atoms with Crippen LogP contribution in [-0.4, -0.2) is 10.1 Å². The molecular weight excluding hydrogens is 226 g/mol. The first-order chi connectivity index (χ1) is 8.83. The van der Waals surface area contributed by atoms with Gasteiger partial charge in [-0.3, -0.25) is 5.32 Å². The fourth-order valence-electron chi connectivity index (χ4n) is 1.87. The number of aromatic hydroxyl groups is 1. The Morgan fingerprint density at radius 2 is 1.94 bits per heavy atom. The summed E-state index contributed by atoms with van der Waals surface area (Å²) < 4.78 is 0. The normalized spacial score (nSPS) is 10.4. The minimum absolute atomic E-state index is 0.235. The molecule has 0 bridgehead atoms. The first kappa shape index (κ1) is 10.5. The van der Waals surface area contributed by atoms with Crippen molar-refractivity contribution in [1.82, 2.24) is 4.98 Å². The highest BCUT2D eigenvalue weighted by atomic mass is 16.3. The average molecular weight is 238 g/mol. The van der Waals surface area contributed by atoms with Gasteiger partial charge in [-0.05, 0) is 24.3 Å². The number of benzene rings is 2. The number of nitrogens with one attached hydrogen (secondary N) is 2. The monoisotopic (exact) mass is 238 g/mol. The maximum absolute atomic E-state index is 9.44. The first-order valence-corrected chi connectivity index (χ1v) is 5.64. The zero-order valence-corrected chi connectivity index (χ0v) is 9.59. The van der Waals surface area contributed by atoms with Crippen molar-refractivity contribution in [2.45, 2.75) is 0 Å². The molecule has 0 saturated heterocycles. The van der Waals surface area contributed by atoms with E-state index in [1.807, 2.05) is 30.3 Å². The van der Waals surface area contributed by atoms with E-state index < -0.39 is 0 Å². The summed E-state index contributed by atoms with van der Waals surface area (Å²) in [6.07, 6.45) is 1.65. The highest BCUT2D eigenvalue weighted by molar-refractivity contribution is 5.88. The Morgan fingerprint density at radius 3 is 2.83 bits per heavy atom. The van der Waals surface area contributed by atoms with Crippen LogP contribution in [0.15, 0.2) is 54.9 Å². The molecule has 0 unspecified atom stereocenters. The number of para-hydroxylation sites is 1. The summed E-state index contributed by atoms with van der Waals surface area (Å²) in [5.41, 5.74) is 1.74. The molecule has 18 heavy (non-hydrogen) atoms. The Bertz CT molecular complexity index is 692. The van der Waals surface area contributed by atoms with E-state index in [4.69, 9.17) is 0 Å². The molecule has 4 nitrogen and oxygen atoms in total. The van der Waals surface area contributed by atoms with Crippen molar-refractivity contribution in [3.05, 3.63) is 54.9 Å². The molecule has 0 saturated carbocycles. The fraction of sp³-hybridized carbons (Fsp3) is 0. The zero-order valence-electron chi connectivity index (χ0n) is 9.59. The lowest BCUT2D eigenvalue weighted by Crippen LogP contribution is -2.11. The summed E-state index contributed by atoms with van der Waals surface area (Å²) in [6, 6.07) is 14.9. The number of aromatic amines is 1. The van der Waals surface area contributed by atoms with Gasteiger partial charge in [0.1, 0.15) is 5.75 Å². The predicted molar refractivity (Wildman–Crippen MR) is 69.7 cm³/mol. The lowest BCUT2D eigenvalue weighted by atomic mass is 10.2. The second kappa shape index (κ2) is 4.33. The summed E-state index contributed by atoms with van der Waals surface area (Å²) in [5, 5.41) is 13.7. The SMILES string of the molecule is Oc1cccc(Nc2[nH+]cnc3ccccc23)c1. The Labute approximate surface area is 104 Å². The van der Waals surface area contributed by atoms with E-state index in [0.29, 0.717) is 0 Å². The van der Waals surface area contributed by atoms with E-state index in [1.165, 1.54) is 0 Å². The number of hydrogen-bond acceptors (Lipinski definition) is 3. The van der Waals surface area contributed by atoms with E-state index >= 15 is 0 Å². The van der Waals surface area contributed by atoms with Gasteiger partial charge in [0.15, 0.2) is 5.52 Å². The largest absolute Gasteiger partial charge is 0.508 e. The van der Waals surface area contributed by atoms with Gasteiger partial charge in [-0.15, -0.1) is 4.98 Å². The van der Waals surface area contributed by atoms with Crippen molar-refractivity contribution in [1.29, 1.82) is 0 Å². The van der Waals surface area contributed by atoms with Crippen LogP contribution in [0.5, 0.6) is 5.75 Å². The molecule has 0 aliphatic rings. The van der Waals surface area contributed by atoms with Gasteiger partial charge < -0.3 is 5.11 Å². The number of nitrogens with zero attached hydrogens (tertiary/aromatic N) is 1. The average Bonchev–Trinajstić information content (AvgIpc) is 2.39. The number of anilines is 2. The van der Waals surface area contributed by atoms with Crippen LogP contribution in [0.3, 0.4) is 0 Å². The highest BCUT2D eigenvalue weighted by Crippen LogP contribution is 2.22. The van der Waals surface area contributed by atoms with Crippen molar-refractivity contribution in [2.24, 2.45) is 0 Å². The van der Waals surface area contributed by atoms with Crippen molar-refractivity contribution in [3.8, 4) is 5.75 Å². The van der Waals surface area contributed by atoms with Crippen LogP contribution in [0.25, 0.3) is 10.9 Å². The highest BCUT2D eigenvalue weighted by Gasteiger charge is 2.08. The van der Waals surface area contributed by atoms with Crippen LogP contribution in [0, 0.1) is 0 Å². The molecule has 0 radical (unpaired) electrons. The molecule has 0 spiro atoms. The van der Waals surface area contributed by atoms with Crippen LogP contribution in [0.2, 0.25) is 0 Å². The molecule has 3 aromatic rings. The summed E-state index contributed by atoms with van der Waals surface area (Å²) >= 11 is 0. The van der Waals surface area contributed by atoms with E-state index in [2.05, 4.69) is 15.3 Å². The van der Waals surface area contributed by atoms with Crippen LogP contribution in [0.1, 0.15) is 0 Å². The molecular formula is C14H12N3O+. The van der Waals surface area contributed by atoms with E-state index in [1.54, 1.807) is 24.5 Å². The molecule has 2 aromatic carbocycles. The van der Waals surface area contributed by atoms with Crippen molar-refractivity contribution in [3.63, 3.8) is 0 Å². The molecule has 3 N–H and O–H groups in total.